The van der Waals surface area contributed by atoms with Crippen LogP contribution in [0.3, 0.4) is 0 Å². The summed E-state index contributed by atoms with van der Waals surface area (Å²) < 4.78 is 11.3. The molecule has 5 nitrogen and oxygen atoms in total. The van der Waals surface area contributed by atoms with E-state index in [1.54, 1.807) is 12.1 Å². The number of halogens is 2. The van der Waals surface area contributed by atoms with Gasteiger partial charge in [0.15, 0.2) is 0 Å². The Hall–Kier alpha value is -1.92. The van der Waals surface area contributed by atoms with Crippen molar-refractivity contribution in [2.75, 3.05) is 19.5 Å². The summed E-state index contributed by atoms with van der Waals surface area (Å²) in [5.74, 6) is 0.903. The van der Waals surface area contributed by atoms with Crippen LogP contribution in [0.15, 0.2) is 40.9 Å². The van der Waals surface area contributed by atoms with Gasteiger partial charge in [0.25, 0.3) is 0 Å². The van der Waals surface area contributed by atoms with Crippen molar-refractivity contribution < 1.29 is 14.3 Å². The topological polar surface area (TPSA) is 59.6 Å². The van der Waals surface area contributed by atoms with E-state index in [1.165, 1.54) is 14.2 Å². The first-order valence-corrected chi connectivity index (χ1v) is 7.92. The molecular weight excluding hydrogens is 384 g/mol. The number of methoxy groups -OCH3 is 2. The molecule has 0 heterocycles. The zero-order chi connectivity index (χ0) is 16.8. The van der Waals surface area contributed by atoms with Crippen molar-refractivity contribution in [3.63, 3.8) is 0 Å². The Morgan fingerprint density at radius 3 is 2.52 bits per heavy atom. The Bertz CT molecular complexity index is 710. The minimum absolute atomic E-state index is 0.358. The highest BCUT2D eigenvalue weighted by Gasteiger charge is 2.12. The highest BCUT2D eigenvalue weighted by molar-refractivity contribution is 9.10. The zero-order valence-electron chi connectivity index (χ0n) is 12.7. The Kier molecular flexibility index (Phi) is 6.12. The fourth-order valence-electron chi connectivity index (χ4n) is 1.94. The van der Waals surface area contributed by atoms with Crippen LogP contribution >= 0.6 is 27.5 Å². The van der Waals surface area contributed by atoms with Crippen LogP contribution in [-0.2, 0) is 6.54 Å². The van der Waals surface area contributed by atoms with Crippen LogP contribution in [0.25, 0.3) is 0 Å². The third kappa shape index (κ3) is 4.53. The first-order chi connectivity index (χ1) is 11.0. The number of rotatable bonds is 5. The smallest absolute Gasteiger partial charge is 0.319 e. The van der Waals surface area contributed by atoms with E-state index in [-0.39, 0.29) is 6.03 Å². The number of carbonyl (C=O) groups is 1. The van der Waals surface area contributed by atoms with Gasteiger partial charge in [-0.1, -0.05) is 45.7 Å². The van der Waals surface area contributed by atoms with Crippen LogP contribution in [0.5, 0.6) is 11.5 Å². The molecule has 122 valence electrons. The van der Waals surface area contributed by atoms with Gasteiger partial charge in [-0.15, -0.1) is 0 Å². The summed E-state index contributed by atoms with van der Waals surface area (Å²) in [7, 11) is 3.01. The van der Waals surface area contributed by atoms with Gasteiger partial charge in [-0.05, 0) is 11.6 Å². The molecular formula is C16H16BrClN2O3. The molecule has 0 aliphatic heterocycles. The van der Waals surface area contributed by atoms with Crippen molar-refractivity contribution in [1.29, 1.82) is 0 Å². The molecule has 23 heavy (non-hydrogen) atoms. The van der Waals surface area contributed by atoms with Gasteiger partial charge in [-0.2, -0.15) is 0 Å². The van der Waals surface area contributed by atoms with Gasteiger partial charge in [-0.3, -0.25) is 0 Å². The molecule has 0 aliphatic rings. The maximum absolute atomic E-state index is 12.1. The lowest BCUT2D eigenvalue weighted by Crippen LogP contribution is -2.28. The average Bonchev–Trinajstić information content (AvgIpc) is 2.55. The third-order valence-electron chi connectivity index (χ3n) is 3.12. The summed E-state index contributed by atoms with van der Waals surface area (Å²) in [5, 5.41) is 5.91. The molecule has 0 spiro atoms. The average molecular weight is 400 g/mol. The number of anilines is 1. The van der Waals surface area contributed by atoms with Crippen molar-refractivity contribution in [2.24, 2.45) is 0 Å². The van der Waals surface area contributed by atoms with Crippen LogP contribution in [0.1, 0.15) is 5.56 Å². The molecule has 2 N–H and O–H groups in total. The van der Waals surface area contributed by atoms with Gasteiger partial charge in [-0.25, -0.2) is 4.79 Å². The zero-order valence-corrected chi connectivity index (χ0v) is 15.0. The van der Waals surface area contributed by atoms with Crippen molar-refractivity contribution in [1.82, 2.24) is 5.32 Å². The van der Waals surface area contributed by atoms with Crippen molar-refractivity contribution >= 4 is 39.2 Å². The molecule has 0 aliphatic carbocycles. The lowest BCUT2D eigenvalue weighted by molar-refractivity contribution is 0.251. The number of carbonyl (C=O) groups excluding carboxylic acids is 1. The molecule has 2 aromatic carbocycles. The SMILES string of the molecule is COc1cc(NC(=O)NCc2ccccc2Br)c(OC)cc1Cl. The van der Waals surface area contributed by atoms with E-state index in [4.69, 9.17) is 21.1 Å². The molecule has 2 rings (SSSR count). The van der Waals surface area contributed by atoms with Crippen LogP contribution in [0.2, 0.25) is 5.02 Å². The van der Waals surface area contributed by atoms with E-state index in [2.05, 4.69) is 26.6 Å². The van der Waals surface area contributed by atoms with E-state index < -0.39 is 0 Å². The summed E-state index contributed by atoms with van der Waals surface area (Å²) in [6.45, 7) is 0.389. The molecule has 0 bridgehead atoms. The van der Waals surface area contributed by atoms with E-state index in [0.29, 0.717) is 28.8 Å². The molecule has 2 aromatic rings. The molecule has 0 saturated heterocycles. The molecule has 7 heteroatoms. The standard InChI is InChI=1S/C16H16BrClN2O3/c1-22-14-8-13(15(23-2)7-12(14)18)20-16(21)19-9-10-5-3-4-6-11(10)17/h3-8H,9H2,1-2H3,(H2,19,20,21). The van der Waals surface area contributed by atoms with Gasteiger partial charge >= 0.3 is 6.03 Å². The lowest BCUT2D eigenvalue weighted by atomic mass is 10.2. The summed E-state index contributed by atoms with van der Waals surface area (Å²) in [6.07, 6.45) is 0. The van der Waals surface area contributed by atoms with Crippen molar-refractivity contribution in [3.8, 4) is 11.5 Å². The second kappa shape index (κ2) is 8.08. The molecule has 0 aromatic heterocycles. The molecule has 0 fully saturated rings. The van der Waals surface area contributed by atoms with Gasteiger partial charge in [0.1, 0.15) is 11.5 Å². The fraction of sp³-hybridized carbons (Fsp3) is 0.188. The van der Waals surface area contributed by atoms with Crippen LogP contribution in [0.4, 0.5) is 10.5 Å². The number of ether oxygens (including phenoxy) is 2. The Morgan fingerprint density at radius 2 is 1.87 bits per heavy atom. The highest BCUT2D eigenvalue weighted by Crippen LogP contribution is 2.35. The number of benzene rings is 2. The number of hydrogen-bond acceptors (Lipinski definition) is 3. The Morgan fingerprint density at radius 1 is 1.17 bits per heavy atom. The lowest BCUT2D eigenvalue weighted by Gasteiger charge is -2.14. The molecule has 2 amide bonds. The molecule has 0 saturated carbocycles. The number of amides is 2. The summed E-state index contributed by atoms with van der Waals surface area (Å²) in [4.78, 5) is 12.1. The van der Waals surface area contributed by atoms with Gasteiger partial charge in [0.05, 0.1) is 24.9 Å². The molecule has 0 unspecified atom stereocenters. The first kappa shape index (κ1) is 17.4. The fourth-order valence-corrected chi connectivity index (χ4v) is 2.60. The summed E-state index contributed by atoms with van der Waals surface area (Å²) >= 11 is 9.48. The third-order valence-corrected chi connectivity index (χ3v) is 4.19. The second-order valence-corrected chi connectivity index (χ2v) is 5.85. The van der Waals surface area contributed by atoms with Gasteiger partial charge in [0, 0.05) is 23.2 Å². The number of hydrogen-bond donors (Lipinski definition) is 2. The monoisotopic (exact) mass is 398 g/mol. The Balaban J connectivity index is 2.06. The van der Waals surface area contributed by atoms with Gasteiger partial charge < -0.3 is 20.1 Å². The van der Waals surface area contributed by atoms with E-state index in [1.807, 2.05) is 24.3 Å². The van der Waals surface area contributed by atoms with E-state index >= 15 is 0 Å². The first-order valence-electron chi connectivity index (χ1n) is 6.75. The minimum Gasteiger partial charge on any atom is -0.495 e. The van der Waals surface area contributed by atoms with Crippen molar-refractivity contribution in [2.45, 2.75) is 6.54 Å². The predicted molar refractivity (Wildman–Crippen MR) is 94.6 cm³/mol. The number of urea groups is 1. The molecule has 0 atom stereocenters. The predicted octanol–water partition coefficient (Wildman–Crippen LogP) is 4.44. The van der Waals surface area contributed by atoms with Crippen LogP contribution in [-0.4, -0.2) is 20.3 Å². The summed E-state index contributed by atoms with van der Waals surface area (Å²) in [6, 6.07) is 10.5. The van der Waals surface area contributed by atoms with Gasteiger partial charge in [0.2, 0.25) is 0 Å². The van der Waals surface area contributed by atoms with E-state index in [9.17, 15) is 4.79 Å². The molecule has 0 radical (unpaired) electrons. The maximum Gasteiger partial charge on any atom is 0.319 e. The van der Waals surface area contributed by atoms with Crippen LogP contribution < -0.4 is 20.1 Å². The second-order valence-electron chi connectivity index (χ2n) is 4.59. The van der Waals surface area contributed by atoms with Crippen molar-refractivity contribution in [3.05, 3.63) is 51.5 Å². The normalized spacial score (nSPS) is 10.1. The minimum atomic E-state index is -0.358. The van der Waals surface area contributed by atoms with Crippen LogP contribution in [0, 0.1) is 0 Å². The highest BCUT2D eigenvalue weighted by atomic mass is 79.9. The Labute approximate surface area is 148 Å². The summed E-state index contributed by atoms with van der Waals surface area (Å²) in [5.41, 5.74) is 1.45. The maximum atomic E-state index is 12.1. The largest absolute Gasteiger partial charge is 0.495 e. The van der Waals surface area contributed by atoms with E-state index in [0.717, 1.165) is 10.0 Å². The quantitative estimate of drug-likeness (QED) is 0.781. The number of nitrogens with one attached hydrogen (secondary N) is 2.